The predicted octanol–water partition coefficient (Wildman–Crippen LogP) is 0.684. The lowest BCUT2D eigenvalue weighted by atomic mass is 10.2. The van der Waals surface area contributed by atoms with Crippen molar-refractivity contribution in [3.05, 3.63) is 21.3 Å². The van der Waals surface area contributed by atoms with E-state index in [2.05, 4.69) is 4.98 Å². The molecule has 2 atom stereocenters. The second-order valence-electron chi connectivity index (χ2n) is 2.46. The van der Waals surface area contributed by atoms with Crippen LogP contribution in [0.15, 0.2) is 6.20 Å². The molecule has 0 bridgehead atoms. The first kappa shape index (κ1) is 11.3. The quantitative estimate of drug-likeness (QED) is 0.457. The van der Waals surface area contributed by atoms with Gasteiger partial charge < -0.3 is 10.2 Å². The maximum atomic E-state index is 10.3. The fourth-order valence-corrected chi connectivity index (χ4v) is 1.70. The highest BCUT2D eigenvalue weighted by Gasteiger charge is 2.23. The molecule has 78 valence electrons. The normalized spacial score (nSPS) is 15.1. The zero-order chi connectivity index (χ0) is 10.7. The SMILES string of the molecule is O=[N+]([O-])c1cnc(C(O)C(O)CCl)s1. The third-order valence-corrected chi connectivity index (χ3v) is 2.80. The monoisotopic (exact) mass is 238 g/mol. The lowest BCUT2D eigenvalue weighted by molar-refractivity contribution is -0.380. The molecular formula is C6H7ClN2O4S. The average Bonchev–Trinajstić information content (AvgIpc) is 2.64. The van der Waals surface area contributed by atoms with E-state index >= 15 is 0 Å². The number of aliphatic hydroxyl groups excluding tert-OH is 2. The number of thiazole rings is 1. The van der Waals surface area contributed by atoms with Crippen molar-refractivity contribution in [1.82, 2.24) is 4.98 Å². The number of alkyl halides is 1. The highest BCUT2D eigenvalue weighted by Crippen LogP contribution is 2.27. The largest absolute Gasteiger partial charge is 0.389 e. The first-order valence-electron chi connectivity index (χ1n) is 3.58. The zero-order valence-corrected chi connectivity index (χ0v) is 8.40. The number of halogens is 1. The van der Waals surface area contributed by atoms with Crippen LogP contribution in [0.4, 0.5) is 5.00 Å². The Kier molecular flexibility index (Phi) is 3.76. The van der Waals surface area contributed by atoms with E-state index in [4.69, 9.17) is 16.7 Å². The summed E-state index contributed by atoms with van der Waals surface area (Å²) in [5, 5.41) is 28.7. The molecule has 2 unspecified atom stereocenters. The Labute approximate surface area is 87.9 Å². The number of nitro groups is 1. The third kappa shape index (κ3) is 2.38. The van der Waals surface area contributed by atoms with Crippen LogP contribution in [0, 0.1) is 10.1 Å². The minimum absolute atomic E-state index is 0.0878. The molecule has 8 heteroatoms. The van der Waals surface area contributed by atoms with Crippen LogP contribution < -0.4 is 0 Å². The van der Waals surface area contributed by atoms with Crippen LogP contribution in [0.2, 0.25) is 0 Å². The summed E-state index contributed by atoms with van der Waals surface area (Å²) in [6.07, 6.45) is -1.40. The zero-order valence-electron chi connectivity index (χ0n) is 6.83. The molecule has 6 nitrogen and oxygen atoms in total. The molecule has 0 fully saturated rings. The lowest BCUT2D eigenvalue weighted by Gasteiger charge is -2.11. The van der Waals surface area contributed by atoms with Gasteiger partial charge in [0.05, 0.1) is 16.9 Å². The molecular weight excluding hydrogens is 232 g/mol. The van der Waals surface area contributed by atoms with Crippen LogP contribution in [-0.4, -0.2) is 32.1 Å². The van der Waals surface area contributed by atoms with Crippen LogP contribution >= 0.6 is 22.9 Å². The van der Waals surface area contributed by atoms with Gasteiger partial charge in [-0.15, -0.1) is 11.6 Å². The van der Waals surface area contributed by atoms with E-state index in [0.717, 1.165) is 6.20 Å². The third-order valence-electron chi connectivity index (χ3n) is 1.47. The molecule has 0 aliphatic carbocycles. The van der Waals surface area contributed by atoms with Crippen molar-refractivity contribution in [2.75, 3.05) is 5.88 Å². The maximum absolute atomic E-state index is 10.3. The number of aliphatic hydroxyl groups is 2. The van der Waals surface area contributed by atoms with Gasteiger partial charge >= 0.3 is 5.00 Å². The van der Waals surface area contributed by atoms with Crippen LogP contribution in [-0.2, 0) is 0 Å². The van der Waals surface area contributed by atoms with Gasteiger partial charge in [0.15, 0.2) is 0 Å². The number of rotatable bonds is 4. The molecule has 1 aromatic heterocycles. The summed E-state index contributed by atoms with van der Waals surface area (Å²) in [7, 11) is 0. The van der Waals surface area contributed by atoms with Gasteiger partial charge in [0, 0.05) is 0 Å². The Bertz CT molecular complexity index is 331. The molecule has 0 radical (unpaired) electrons. The van der Waals surface area contributed by atoms with Crippen molar-refractivity contribution in [3.63, 3.8) is 0 Å². The van der Waals surface area contributed by atoms with Crippen molar-refractivity contribution in [3.8, 4) is 0 Å². The van der Waals surface area contributed by atoms with E-state index < -0.39 is 17.1 Å². The Balaban J connectivity index is 2.81. The Morgan fingerprint density at radius 3 is 2.79 bits per heavy atom. The molecule has 2 N–H and O–H groups in total. The van der Waals surface area contributed by atoms with Crippen molar-refractivity contribution in [1.29, 1.82) is 0 Å². The van der Waals surface area contributed by atoms with E-state index in [1.807, 2.05) is 0 Å². The highest BCUT2D eigenvalue weighted by atomic mass is 35.5. The van der Waals surface area contributed by atoms with E-state index in [1.54, 1.807) is 0 Å². The Morgan fingerprint density at radius 1 is 1.71 bits per heavy atom. The number of hydrogen-bond acceptors (Lipinski definition) is 6. The Hall–Kier alpha value is -0.760. The summed E-state index contributed by atoms with van der Waals surface area (Å²) >= 11 is 6.01. The minimum Gasteiger partial charge on any atom is -0.389 e. The van der Waals surface area contributed by atoms with Gasteiger partial charge in [-0.3, -0.25) is 10.1 Å². The number of nitrogens with zero attached hydrogens (tertiary/aromatic N) is 2. The van der Waals surface area contributed by atoms with Gasteiger partial charge in [0.25, 0.3) is 0 Å². The maximum Gasteiger partial charge on any atom is 0.344 e. The van der Waals surface area contributed by atoms with Crippen molar-refractivity contribution < 1.29 is 15.1 Å². The molecule has 0 saturated carbocycles. The van der Waals surface area contributed by atoms with Gasteiger partial charge in [-0.25, -0.2) is 4.98 Å². The predicted molar refractivity (Wildman–Crippen MR) is 50.5 cm³/mol. The second kappa shape index (κ2) is 4.65. The molecule has 1 heterocycles. The Morgan fingerprint density at radius 2 is 2.36 bits per heavy atom. The average molecular weight is 239 g/mol. The van der Waals surface area contributed by atoms with Crippen LogP contribution in [0.5, 0.6) is 0 Å². The van der Waals surface area contributed by atoms with Crippen LogP contribution in [0.25, 0.3) is 0 Å². The molecule has 0 aliphatic heterocycles. The molecule has 0 amide bonds. The summed E-state index contributed by atoms with van der Waals surface area (Å²) in [5.74, 6) is -0.158. The van der Waals surface area contributed by atoms with Gasteiger partial charge in [0.2, 0.25) is 0 Å². The summed E-state index contributed by atoms with van der Waals surface area (Å²) < 4.78 is 0. The summed E-state index contributed by atoms with van der Waals surface area (Å²) in [6.45, 7) is 0. The van der Waals surface area contributed by atoms with E-state index in [-0.39, 0.29) is 15.9 Å². The summed E-state index contributed by atoms with van der Waals surface area (Å²) in [5.41, 5.74) is 0. The van der Waals surface area contributed by atoms with E-state index in [1.165, 1.54) is 0 Å². The molecule has 1 rings (SSSR count). The second-order valence-corrected chi connectivity index (χ2v) is 3.81. The van der Waals surface area contributed by atoms with Crippen molar-refractivity contribution in [2.45, 2.75) is 12.2 Å². The fraction of sp³-hybridized carbons (Fsp3) is 0.500. The standard InChI is InChI=1S/C6H7ClN2O4S/c7-1-3(10)5(11)6-8-2-4(14-6)9(12)13/h2-3,5,10-11H,1H2. The van der Waals surface area contributed by atoms with Crippen LogP contribution in [0.1, 0.15) is 11.1 Å². The first-order chi connectivity index (χ1) is 6.56. The molecule has 0 aliphatic rings. The van der Waals surface area contributed by atoms with Gasteiger partial charge in [-0.2, -0.15) is 0 Å². The summed E-state index contributed by atoms with van der Waals surface area (Å²) in [6, 6.07) is 0. The van der Waals surface area contributed by atoms with Gasteiger partial charge in [0.1, 0.15) is 17.3 Å². The number of hydrogen-bond donors (Lipinski definition) is 2. The molecule has 0 aromatic carbocycles. The molecule has 0 saturated heterocycles. The first-order valence-corrected chi connectivity index (χ1v) is 4.93. The molecule has 14 heavy (non-hydrogen) atoms. The number of aromatic nitrogens is 1. The summed E-state index contributed by atoms with van der Waals surface area (Å²) in [4.78, 5) is 13.3. The van der Waals surface area contributed by atoms with Crippen LogP contribution in [0.3, 0.4) is 0 Å². The fourth-order valence-electron chi connectivity index (χ4n) is 0.749. The van der Waals surface area contributed by atoms with Gasteiger partial charge in [-0.1, -0.05) is 0 Å². The smallest absolute Gasteiger partial charge is 0.344 e. The van der Waals surface area contributed by atoms with Crippen molar-refractivity contribution >= 4 is 27.9 Å². The van der Waals surface area contributed by atoms with E-state index in [0.29, 0.717) is 11.3 Å². The topological polar surface area (TPSA) is 96.5 Å². The highest BCUT2D eigenvalue weighted by molar-refractivity contribution is 7.14. The van der Waals surface area contributed by atoms with Gasteiger partial charge in [-0.05, 0) is 11.3 Å². The lowest BCUT2D eigenvalue weighted by Crippen LogP contribution is -2.19. The van der Waals surface area contributed by atoms with Crippen molar-refractivity contribution in [2.24, 2.45) is 0 Å². The minimum atomic E-state index is -1.27. The van der Waals surface area contributed by atoms with E-state index in [9.17, 15) is 15.2 Å². The molecule has 0 spiro atoms. The molecule has 1 aromatic rings.